The van der Waals surface area contributed by atoms with Crippen molar-refractivity contribution in [3.05, 3.63) is 18.2 Å². The lowest BCUT2D eigenvalue weighted by Gasteiger charge is -2.26. The summed E-state index contributed by atoms with van der Waals surface area (Å²) in [4.78, 5) is 12.1. The molecule has 0 aromatic heterocycles. The lowest BCUT2D eigenvalue weighted by molar-refractivity contribution is -0.117. The molecule has 0 bridgehead atoms. The van der Waals surface area contributed by atoms with Gasteiger partial charge in [-0.3, -0.25) is 4.79 Å². The zero-order valence-electron chi connectivity index (χ0n) is 12.7. The Morgan fingerprint density at radius 1 is 1.43 bits per heavy atom. The zero-order chi connectivity index (χ0) is 14.5. The quantitative estimate of drug-likeness (QED) is 0.830. The van der Waals surface area contributed by atoms with Gasteiger partial charge in [-0.05, 0) is 36.8 Å². The number of rotatable bonds is 4. The highest BCUT2D eigenvalue weighted by molar-refractivity contribution is 5.94. The largest absolute Gasteiger partial charge is 0.497 e. The van der Waals surface area contributed by atoms with E-state index in [0.29, 0.717) is 29.5 Å². The number of nitrogens with two attached hydrogens (primary N) is 1. The molecule has 5 heteroatoms. The molecule has 1 fully saturated rings. The van der Waals surface area contributed by atoms with Crippen molar-refractivity contribution in [3.63, 3.8) is 0 Å². The van der Waals surface area contributed by atoms with Crippen LogP contribution in [0.1, 0.15) is 39.0 Å². The fourth-order valence-corrected chi connectivity index (χ4v) is 2.98. The number of benzene rings is 1. The van der Waals surface area contributed by atoms with Gasteiger partial charge in [-0.15, -0.1) is 12.4 Å². The molecular formula is C16H25ClN2O2. The lowest BCUT2D eigenvalue weighted by atomic mass is 9.81. The standard InChI is InChI=1S/C16H24N2O2.ClH/c1-11-4-3-5-12(8-11)9-16(19)18-15-10-13(20-2)6-7-14(15)17;/h6-7,10-12H,3-5,8-9,17H2,1-2H3,(H,18,19);1H. The molecule has 0 radical (unpaired) electrons. The molecule has 2 unspecified atom stereocenters. The number of hydrogen-bond acceptors (Lipinski definition) is 3. The van der Waals surface area contributed by atoms with Crippen molar-refractivity contribution in [2.75, 3.05) is 18.2 Å². The van der Waals surface area contributed by atoms with Gasteiger partial charge in [-0.1, -0.05) is 19.8 Å². The molecule has 3 N–H and O–H groups in total. The van der Waals surface area contributed by atoms with Crippen LogP contribution in [0.25, 0.3) is 0 Å². The third-order valence-corrected chi connectivity index (χ3v) is 4.05. The van der Waals surface area contributed by atoms with Gasteiger partial charge >= 0.3 is 0 Å². The van der Waals surface area contributed by atoms with E-state index in [2.05, 4.69) is 12.2 Å². The first-order valence-corrected chi connectivity index (χ1v) is 7.32. The Labute approximate surface area is 132 Å². The highest BCUT2D eigenvalue weighted by atomic mass is 35.5. The van der Waals surface area contributed by atoms with E-state index in [1.54, 1.807) is 25.3 Å². The number of ether oxygens (including phenoxy) is 1. The third-order valence-electron chi connectivity index (χ3n) is 4.05. The fraction of sp³-hybridized carbons (Fsp3) is 0.562. The molecule has 118 valence electrons. The van der Waals surface area contributed by atoms with Gasteiger partial charge in [0.2, 0.25) is 5.91 Å². The van der Waals surface area contributed by atoms with Crippen LogP contribution < -0.4 is 15.8 Å². The fourth-order valence-electron chi connectivity index (χ4n) is 2.98. The second kappa shape index (κ2) is 8.13. The minimum Gasteiger partial charge on any atom is -0.497 e. The van der Waals surface area contributed by atoms with Crippen molar-refractivity contribution in [3.8, 4) is 5.75 Å². The van der Waals surface area contributed by atoms with E-state index in [1.165, 1.54) is 12.8 Å². The van der Waals surface area contributed by atoms with Gasteiger partial charge in [0.1, 0.15) is 5.75 Å². The summed E-state index contributed by atoms with van der Waals surface area (Å²) in [6, 6.07) is 5.29. The summed E-state index contributed by atoms with van der Waals surface area (Å²) in [5.41, 5.74) is 7.08. The Bertz CT molecular complexity index is 479. The average Bonchev–Trinajstić information content (AvgIpc) is 2.41. The van der Waals surface area contributed by atoms with Crippen LogP contribution in [0.3, 0.4) is 0 Å². The molecule has 1 aliphatic carbocycles. The van der Waals surface area contributed by atoms with Gasteiger partial charge in [0, 0.05) is 12.5 Å². The zero-order valence-corrected chi connectivity index (χ0v) is 13.5. The van der Waals surface area contributed by atoms with E-state index in [0.717, 1.165) is 18.8 Å². The van der Waals surface area contributed by atoms with E-state index >= 15 is 0 Å². The van der Waals surface area contributed by atoms with Crippen molar-refractivity contribution >= 4 is 29.7 Å². The topological polar surface area (TPSA) is 64.3 Å². The van der Waals surface area contributed by atoms with Gasteiger partial charge in [0.05, 0.1) is 18.5 Å². The van der Waals surface area contributed by atoms with Crippen molar-refractivity contribution in [1.82, 2.24) is 0 Å². The monoisotopic (exact) mass is 312 g/mol. The number of anilines is 2. The number of nitrogens with one attached hydrogen (secondary N) is 1. The molecule has 1 aromatic rings. The summed E-state index contributed by atoms with van der Waals surface area (Å²) >= 11 is 0. The van der Waals surface area contributed by atoms with Crippen LogP contribution in [0.5, 0.6) is 5.75 Å². The maximum Gasteiger partial charge on any atom is 0.224 e. The molecule has 1 aliphatic rings. The summed E-state index contributed by atoms with van der Waals surface area (Å²) in [7, 11) is 1.60. The van der Waals surface area contributed by atoms with Gasteiger partial charge in [0.15, 0.2) is 0 Å². The number of amides is 1. The lowest BCUT2D eigenvalue weighted by Crippen LogP contribution is -2.21. The normalized spacial score (nSPS) is 21.2. The summed E-state index contributed by atoms with van der Waals surface area (Å²) in [5.74, 6) is 1.99. The van der Waals surface area contributed by atoms with E-state index in [4.69, 9.17) is 10.5 Å². The van der Waals surface area contributed by atoms with Crippen LogP contribution in [-0.2, 0) is 4.79 Å². The third kappa shape index (κ3) is 5.12. The summed E-state index contributed by atoms with van der Waals surface area (Å²) < 4.78 is 5.15. The first kappa shape index (κ1) is 17.6. The van der Waals surface area contributed by atoms with Crippen LogP contribution in [0.2, 0.25) is 0 Å². The second-order valence-corrected chi connectivity index (χ2v) is 5.84. The number of methoxy groups -OCH3 is 1. The van der Waals surface area contributed by atoms with Gasteiger partial charge < -0.3 is 15.8 Å². The SMILES string of the molecule is COc1ccc(N)c(NC(=O)CC2CCCC(C)C2)c1.Cl. The van der Waals surface area contributed by atoms with E-state index in [1.807, 2.05) is 0 Å². The molecule has 1 aromatic carbocycles. The smallest absolute Gasteiger partial charge is 0.224 e. The molecule has 0 spiro atoms. The molecule has 0 aliphatic heterocycles. The minimum atomic E-state index is 0. The highest BCUT2D eigenvalue weighted by Crippen LogP contribution is 2.31. The minimum absolute atomic E-state index is 0. The Morgan fingerprint density at radius 2 is 2.19 bits per heavy atom. The number of carbonyl (C=O) groups is 1. The van der Waals surface area contributed by atoms with Crippen molar-refractivity contribution in [2.24, 2.45) is 11.8 Å². The van der Waals surface area contributed by atoms with Crippen LogP contribution in [-0.4, -0.2) is 13.0 Å². The molecule has 1 saturated carbocycles. The molecule has 2 rings (SSSR count). The molecule has 0 heterocycles. The Hall–Kier alpha value is -1.42. The summed E-state index contributed by atoms with van der Waals surface area (Å²) in [6.45, 7) is 2.27. The van der Waals surface area contributed by atoms with Gasteiger partial charge in [-0.2, -0.15) is 0 Å². The summed E-state index contributed by atoms with van der Waals surface area (Å²) in [6.07, 6.45) is 5.43. The molecular weight excluding hydrogens is 288 g/mol. The number of carbonyl (C=O) groups excluding carboxylic acids is 1. The Morgan fingerprint density at radius 3 is 2.86 bits per heavy atom. The average molecular weight is 313 g/mol. The molecule has 4 nitrogen and oxygen atoms in total. The van der Waals surface area contributed by atoms with Crippen molar-refractivity contribution in [2.45, 2.75) is 39.0 Å². The molecule has 2 atom stereocenters. The van der Waals surface area contributed by atoms with E-state index in [-0.39, 0.29) is 18.3 Å². The predicted octanol–water partition coefficient (Wildman–Crippen LogP) is 3.85. The maximum atomic E-state index is 12.1. The second-order valence-electron chi connectivity index (χ2n) is 5.84. The van der Waals surface area contributed by atoms with Crippen molar-refractivity contribution < 1.29 is 9.53 Å². The molecule has 1 amide bonds. The van der Waals surface area contributed by atoms with Crippen LogP contribution in [0, 0.1) is 11.8 Å². The first-order valence-electron chi connectivity index (χ1n) is 7.32. The van der Waals surface area contributed by atoms with Gasteiger partial charge in [0.25, 0.3) is 0 Å². The van der Waals surface area contributed by atoms with E-state index < -0.39 is 0 Å². The van der Waals surface area contributed by atoms with Crippen molar-refractivity contribution in [1.29, 1.82) is 0 Å². The number of nitrogen functional groups attached to an aromatic ring is 1. The van der Waals surface area contributed by atoms with Crippen LogP contribution in [0.15, 0.2) is 18.2 Å². The van der Waals surface area contributed by atoms with Crippen LogP contribution >= 0.6 is 12.4 Å². The number of hydrogen-bond donors (Lipinski definition) is 2. The maximum absolute atomic E-state index is 12.1. The number of halogens is 1. The van der Waals surface area contributed by atoms with E-state index in [9.17, 15) is 4.79 Å². The van der Waals surface area contributed by atoms with Crippen LogP contribution in [0.4, 0.5) is 11.4 Å². The molecule has 0 saturated heterocycles. The highest BCUT2D eigenvalue weighted by Gasteiger charge is 2.21. The van der Waals surface area contributed by atoms with Gasteiger partial charge in [-0.25, -0.2) is 0 Å². The Kier molecular flexibility index (Phi) is 6.82. The predicted molar refractivity (Wildman–Crippen MR) is 89.0 cm³/mol. The first-order chi connectivity index (χ1) is 9.58. The summed E-state index contributed by atoms with van der Waals surface area (Å²) in [5, 5.41) is 2.90. The Balaban J connectivity index is 0.00000220. The molecule has 21 heavy (non-hydrogen) atoms.